The highest BCUT2D eigenvalue weighted by atomic mass is 16.2. The molecule has 0 saturated carbocycles. The lowest BCUT2D eigenvalue weighted by Crippen LogP contribution is -2.38. The quantitative estimate of drug-likeness (QED) is 0.299. The molecule has 0 aromatic carbocycles. The van der Waals surface area contributed by atoms with Crippen LogP contribution in [0.3, 0.4) is 0 Å². The summed E-state index contributed by atoms with van der Waals surface area (Å²) in [6.07, 6.45) is 6.80. The van der Waals surface area contributed by atoms with Crippen molar-refractivity contribution in [2.45, 2.75) is 33.5 Å². The molecule has 0 fully saturated rings. The third-order valence-corrected chi connectivity index (χ3v) is 3.11. The van der Waals surface area contributed by atoms with Gasteiger partial charge >= 0.3 is 0 Å². The fraction of sp³-hybridized carbons (Fsp3) is 0.562. The molecule has 0 bridgehead atoms. The summed E-state index contributed by atoms with van der Waals surface area (Å²) in [5, 5.41) is 0. The first-order chi connectivity index (χ1) is 9.94. The van der Waals surface area contributed by atoms with E-state index in [0.717, 1.165) is 6.42 Å². The minimum atomic E-state index is -0.134. The van der Waals surface area contributed by atoms with Crippen molar-refractivity contribution < 1.29 is 9.59 Å². The van der Waals surface area contributed by atoms with E-state index in [4.69, 9.17) is 5.73 Å². The first kappa shape index (κ1) is 19.4. The largest absolute Gasteiger partial charge is 0.334 e. The summed E-state index contributed by atoms with van der Waals surface area (Å²) in [4.78, 5) is 25.0. The second-order valence-electron chi connectivity index (χ2n) is 5.13. The van der Waals surface area contributed by atoms with Crippen LogP contribution in [0.4, 0.5) is 0 Å². The number of hydrogen-bond donors (Lipinski definition) is 1. The minimum Gasteiger partial charge on any atom is -0.334 e. The smallest absolute Gasteiger partial charge is 0.215 e. The number of hydrogen-bond acceptors (Lipinski definition) is 3. The van der Waals surface area contributed by atoms with E-state index < -0.39 is 0 Å². The molecule has 0 aromatic heterocycles. The first-order valence-electron chi connectivity index (χ1n) is 7.55. The Labute approximate surface area is 129 Å². The second kappa shape index (κ2) is 11.1. The molecule has 1 unspecified atom stereocenters. The Kier molecular flexibility index (Phi) is 10.3. The number of ketones is 1. The normalized spacial score (nSPS) is 12.3. The molecular weight excluding hydrogens is 263 g/mol. The van der Waals surface area contributed by atoms with Gasteiger partial charge in [0.05, 0.1) is 6.54 Å². The zero-order chi connectivity index (χ0) is 16.3. The van der Waals surface area contributed by atoms with E-state index in [1.807, 2.05) is 13.0 Å². The Morgan fingerprint density at radius 1 is 1.43 bits per heavy atom. The van der Waals surface area contributed by atoms with Crippen LogP contribution >= 0.6 is 0 Å². The van der Waals surface area contributed by atoms with E-state index in [2.05, 4.69) is 25.7 Å². The van der Waals surface area contributed by atoms with Gasteiger partial charge in [-0.3, -0.25) is 9.59 Å². The molecule has 0 aliphatic carbocycles. The Morgan fingerprint density at radius 3 is 2.62 bits per heavy atom. The Balaban J connectivity index is 4.59. The number of rotatable bonds is 9. The molecule has 0 aliphatic heterocycles. The highest BCUT2D eigenvalue weighted by molar-refractivity contribution is 6.19. The molecule has 0 spiro atoms. The van der Waals surface area contributed by atoms with Crippen molar-refractivity contribution in [3.8, 4) is 0 Å². The van der Waals surface area contributed by atoms with Gasteiger partial charge in [0, 0.05) is 19.2 Å². The molecule has 0 radical (unpaired) electrons. The van der Waals surface area contributed by atoms with Gasteiger partial charge in [-0.1, -0.05) is 25.5 Å². The van der Waals surface area contributed by atoms with Crippen LogP contribution in [0, 0.1) is 5.92 Å². The zero-order valence-electron chi connectivity index (χ0n) is 13.7. The van der Waals surface area contributed by atoms with Crippen molar-refractivity contribution in [1.82, 2.24) is 4.90 Å². The van der Waals surface area contributed by atoms with Crippen molar-refractivity contribution >= 4 is 19.5 Å². The maximum atomic E-state index is 11.8. The summed E-state index contributed by atoms with van der Waals surface area (Å²) in [7, 11) is 1.77. The summed E-state index contributed by atoms with van der Waals surface area (Å²) in [5.41, 5.74) is 9.67. The van der Waals surface area contributed by atoms with E-state index in [9.17, 15) is 9.59 Å². The highest BCUT2D eigenvalue weighted by Gasteiger charge is 2.12. The molecule has 4 nitrogen and oxygen atoms in total. The van der Waals surface area contributed by atoms with Gasteiger partial charge in [0.1, 0.15) is 7.85 Å². The standard InChI is InChI=1S/C16H27BN2O2/c1-4-13(2)10-14(3)6-5-7-15(20)12-19(9-8-18)16(21)11-17/h6-7,10,14H,4,8-9,11-12,17-18H2,1-3H3/b13-10+. The topological polar surface area (TPSA) is 63.4 Å². The third kappa shape index (κ3) is 9.06. The van der Waals surface area contributed by atoms with Crippen LogP contribution < -0.4 is 5.73 Å². The van der Waals surface area contributed by atoms with Crippen molar-refractivity contribution in [3.05, 3.63) is 29.5 Å². The van der Waals surface area contributed by atoms with Gasteiger partial charge < -0.3 is 10.6 Å². The average molecular weight is 290 g/mol. The van der Waals surface area contributed by atoms with Gasteiger partial charge in [-0.05, 0) is 31.7 Å². The van der Waals surface area contributed by atoms with E-state index in [-0.39, 0.29) is 24.2 Å². The molecule has 0 aromatic rings. The molecule has 0 heterocycles. The van der Waals surface area contributed by atoms with Crippen LogP contribution in [0.1, 0.15) is 27.2 Å². The van der Waals surface area contributed by atoms with Crippen molar-refractivity contribution in [3.63, 3.8) is 0 Å². The van der Waals surface area contributed by atoms with Gasteiger partial charge in [0.15, 0.2) is 5.78 Å². The van der Waals surface area contributed by atoms with Crippen LogP contribution in [0.5, 0.6) is 0 Å². The van der Waals surface area contributed by atoms with Crippen LogP contribution in [0.2, 0.25) is 6.32 Å². The van der Waals surface area contributed by atoms with E-state index in [1.165, 1.54) is 16.5 Å². The SMILES string of the molecule is BCC(=O)N(CCN)CC(=O)C=C=CC(C)/C=C(\C)CC. The molecule has 0 aliphatic rings. The van der Waals surface area contributed by atoms with Crippen LogP contribution in [-0.4, -0.2) is 44.1 Å². The summed E-state index contributed by atoms with van der Waals surface area (Å²) in [6, 6.07) is 0. The molecule has 5 heteroatoms. The number of nitrogens with two attached hydrogens (primary N) is 1. The molecule has 21 heavy (non-hydrogen) atoms. The van der Waals surface area contributed by atoms with Gasteiger partial charge in [-0.2, -0.15) is 0 Å². The van der Waals surface area contributed by atoms with Crippen molar-refractivity contribution in [2.24, 2.45) is 11.7 Å². The molecule has 116 valence electrons. The van der Waals surface area contributed by atoms with E-state index in [0.29, 0.717) is 19.4 Å². The molecule has 0 rings (SSSR count). The van der Waals surface area contributed by atoms with Crippen molar-refractivity contribution in [1.29, 1.82) is 0 Å². The highest BCUT2D eigenvalue weighted by Crippen LogP contribution is 2.06. The lowest BCUT2D eigenvalue weighted by molar-refractivity contribution is -0.132. The fourth-order valence-corrected chi connectivity index (χ4v) is 1.81. The van der Waals surface area contributed by atoms with Crippen molar-refractivity contribution in [2.75, 3.05) is 19.6 Å². The number of carbonyl (C=O) groups excluding carboxylic acids is 2. The lowest BCUT2D eigenvalue weighted by atomic mass is 10.0. The maximum Gasteiger partial charge on any atom is 0.215 e. The first-order valence-corrected chi connectivity index (χ1v) is 7.55. The van der Waals surface area contributed by atoms with Crippen LogP contribution in [-0.2, 0) is 9.59 Å². The fourth-order valence-electron chi connectivity index (χ4n) is 1.81. The average Bonchev–Trinajstić information content (AvgIpc) is 2.45. The lowest BCUT2D eigenvalue weighted by Gasteiger charge is -2.19. The van der Waals surface area contributed by atoms with E-state index in [1.54, 1.807) is 7.85 Å². The summed E-state index contributed by atoms with van der Waals surface area (Å²) < 4.78 is 0. The summed E-state index contributed by atoms with van der Waals surface area (Å²) in [6.45, 7) is 7.08. The van der Waals surface area contributed by atoms with Gasteiger partial charge in [0.25, 0.3) is 0 Å². The predicted octanol–water partition coefficient (Wildman–Crippen LogP) is 1.10. The molecule has 1 atom stereocenters. The number of amides is 1. The monoisotopic (exact) mass is 290 g/mol. The van der Waals surface area contributed by atoms with Gasteiger partial charge in [-0.25, -0.2) is 0 Å². The summed E-state index contributed by atoms with van der Waals surface area (Å²) >= 11 is 0. The van der Waals surface area contributed by atoms with Crippen LogP contribution in [0.15, 0.2) is 29.5 Å². The Hall–Kier alpha value is -1.58. The Bertz CT molecular complexity index is 438. The molecular formula is C16H27BN2O2. The molecule has 2 N–H and O–H groups in total. The second-order valence-corrected chi connectivity index (χ2v) is 5.13. The van der Waals surface area contributed by atoms with E-state index >= 15 is 0 Å². The number of carbonyl (C=O) groups is 2. The summed E-state index contributed by atoms with van der Waals surface area (Å²) in [5.74, 6) is 0.0531. The van der Waals surface area contributed by atoms with Gasteiger partial charge in [0.2, 0.25) is 5.91 Å². The number of allylic oxidation sites excluding steroid dienone is 2. The van der Waals surface area contributed by atoms with Gasteiger partial charge in [-0.15, -0.1) is 5.73 Å². The number of nitrogens with zero attached hydrogens (tertiary/aromatic N) is 1. The Morgan fingerprint density at radius 2 is 2.10 bits per heavy atom. The zero-order valence-corrected chi connectivity index (χ0v) is 13.7. The maximum absolute atomic E-state index is 11.8. The molecule has 0 saturated heterocycles. The van der Waals surface area contributed by atoms with Crippen LogP contribution in [0.25, 0.3) is 0 Å². The third-order valence-electron chi connectivity index (χ3n) is 3.11. The molecule has 1 amide bonds. The predicted molar refractivity (Wildman–Crippen MR) is 89.9 cm³/mol. The minimum absolute atomic E-state index is 0.0546.